The van der Waals surface area contributed by atoms with Crippen LogP contribution in [0.25, 0.3) is 0 Å². The van der Waals surface area contributed by atoms with Crippen LogP contribution in [0.2, 0.25) is 0 Å². The maximum atomic E-state index is 12.2. The minimum absolute atomic E-state index is 0.0862. The van der Waals surface area contributed by atoms with Crippen molar-refractivity contribution in [3.8, 4) is 11.5 Å². The second-order valence-corrected chi connectivity index (χ2v) is 7.19. The van der Waals surface area contributed by atoms with Crippen molar-refractivity contribution in [3.63, 3.8) is 0 Å². The maximum absolute atomic E-state index is 12.2. The van der Waals surface area contributed by atoms with Gasteiger partial charge in [0.15, 0.2) is 11.5 Å². The number of rotatable bonds is 7. The molecule has 1 aliphatic rings. The third kappa shape index (κ3) is 4.94. The Morgan fingerprint density at radius 3 is 2.70 bits per heavy atom. The van der Waals surface area contributed by atoms with Gasteiger partial charge in [-0.3, -0.25) is 4.79 Å². The molecule has 1 aliphatic heterocycles. The Hall–Kier alpha value is -2.69. The van der Waals surface area contributed by atoms with Crippen LogP contribution < -0.4 is 19.7 Å². The van der Waals surface area contributed by atoms with Gasteiger partial charge in [0.05, 0.1) is 13.7 Å². The first-order chi connectivity index (χ1) is 13.1. The number of ether oxygens (including phenoxy) is 2. The van der Waals surface area contributed by atoms with Gasteiger partial charge in [0.1, 0.15) is 0 Å². The zero-order valence-electron chi connectivity index (χ0n) is 16.3. The van der Waals surface area contributed by atoms with Gasteiger partial charge >= 0.3 is 0 Å². The predicted molar refractivity (Wildman–Crippen MR) is 108 cm³/mol. The van der Waals surface area contributed by atoms with Gasteiger partial charge in [-0.25, -0.2) is 0 Å². The number of fused-ring (bicyclic) bond motifs is 1. The molecular weight excluding hydrogens is 340 g/mol. The number of nitrogens with one attached hydrogen (secondary N) is 1. The van der Waals surface area contributed by atoms with Crippen LogP contribution >= 0.6 is 0 Å². The molecule has 0 saturated carbocycles. The quantitative estimate of drug-likeness (QED) is 0.816. The van der Waals surface area contributed by atoms with E-state index in [0.29, 0.717) is 19.6 Å². The molecule has 1 heterocycles. The zero-order chi connectivity index (χ0) is 19.2. The van der Waals surface area contributed by atoms with E-state index >= 15 is 0 Å². The van der Waals surface area contributed by atoms with E-state index in [1.165, 1.54) is 5.56 Å². The van der Waals surface area contributed by atoms with Crippen molar-refractivity contribution < 1.29 is 14.3 Å². The predicted octanol–water partition coefficient (Wildman–Crippen LogP) is 3.06. The monoisotopic (exact) mass is 368 g/mol. The average molecular weight is 368 g/mol. The third-order valence-corrected chi connectivity index (χ3v) is 4.93. The van der Waals surface area contributed by atoms with Crippen molar-refractivity contribution in [1.29, 1.82) is 0 Å². The Bertz CT molecular complexity index is 772. The summed E-state index contributed by atoms with van der Waals surface area (Å²) in [6.07, 6.45) is 2.14. The number of benzene rings is 2. The molecule has 0 bridgehead atoms. The number of amides is 1. The summed E-state index contributed by atoms with van der Waals surface area (Å²) in [7, 11) is 5.69. The Morgan fingerprint density at radius 2 is 2.00 bits per heavy atom. The summed E-state index contributed by atoms with van der Waals surface area (Å²) in [6.45, 7) is 1.23. The second-order valence-electron chi connectivity index (χ2n) is 7.19. The van der Waals surface area contributed by atoms with Gasteiger partial charge in [-0.05, 0) is 42.2 Å². The molecule has 0 aliphatic carbocycles. The highest BCUT2D eigenvalue weighted by Crippen LogP contribution is 2.35. The van der Waals surface area contributed by atoms with Gasteiger partial charge in [0, 0.05) is 38.7 Å². The van der Waals surface area contributed by atoms with Crippen molar-refractivity contribution in [2.45, 2.75) is 19.3 Å². The van der Waals surface area contributed by atoms with Crippen LogP contribution in [0.5, 0.6) is 11.5 Å². The van der Waals surface area contributed by atoms with Crippen LogP contribution in [-0.4, -0.2) is 40.3 Å². The summed E-state index contributed by atoms with van der Waals surface area (Å²) in [6, 6.07) is 14.3. The second kappa shape index (κ2) is 8.80. The molecule has 1 N–H and O–H groups in total. The van der Waals surface area contributed by atoms with E-state index in [0.717, 1.165) is 35.6 Å². The molecule has 5 nitrogen and oxygen atoms in total. The van der Waals surface area contributed by atoms with Gasteiger partial charge in [-0.1, -0.05) is 24.3 Å². The van der Waals surface area contributed by atoms with Gasteiger partial charge < -0.3 is 19.7 Å². The van der Waals surface area contributed by atoms with E-state index in [1.54, 1.807) is 7.11 Å². The van der Waals surface area contributed by atoms with Crippen LogP contribution in [0.4, 0.5) is 5.69 Å². The van der Waals surface area contributed by atoms with Gasteiger partial charge in [-0.2, -0.15) is 0 Å². The third-order valence-electron chi connectivity index (χ3n) is 4.93. The molecular formula is C22H28N2O3. The molecule has 3 rings (SSSR count). The number of nitrogens with zero attached hydrogens (tertiary/aromatic N) is 1. The molecule has 0 saturated heterocycles. The number of anilines is 1. The zero-order valence-corrected chi connectivity index (χ0v) is 16.3. The molecule has 5 heteroatoms. The average Bonchev–Trinajstić information content (AvgIpc) is 2.70. The van der Waals surface area contributed by atoms with Gasteiger partial charge in [0.2, 0.25) is 5.91 Å². The lowest BCUT2D eigenvalue weighted by atomic mass is 9.96. The van der Waals surface area contributed by atoms with E-state index in [-0.39, 0.29) is 11.8 Å². The molecule has 0 fully saturated rings. The lowest BCUT2D eigenvalue weighted by Crippen LogP contribution is -2.35. The van der Waals surface area contributed by atoms with Crippen molar-refractivity contribution in [1.82, 2.24) is 5.32 Å². The fraction of sp³-hybridized carbons (Fsp3) is 0.409. The normalized spacial score (nSPS) is 15.4. The van der Waals surface area contributed by atoms with Crippen molar-refractivity contribution in [2.24, 2.45) is 5.92 Å². The summed E-state index contributed by atoms with van der Waals surface area (Å²) in [5, 5.41) is 3.05. The molecule has 144 valence electrons. The first-order valence-electron chi connectivity index (χ1n) is 9.38. The lowest BCUT2D eigenvalue weighted by molar-refractivity contribution is -0.121. The summed E-state index contributed by atoms with van der Waals surface area (Å²) in [5.74, 6) is 1.98. The van der Waals surface area contributed by atoms with E-state index in [1.807, 2.05) is 26.2 Å². The summed E-state index contributed by atoms with van der Waals surface area (Å²) < 4.78 is 11.2. The standard InChI is InChI=1S/C22H28N2O3/c1-24(2)19-10-7-16(8-11-19)9-12-21(25)23-14-17-13-18-5-4-6-20(26-3)22(18)27-15-17/h4-8,10-11,17H,9,12-15H2,1-3H3,(H,23,25). The Morgan fingerprint density at radius 1 is 1.22 bits per heavy atom. The Kier molecular flexibility index (Phi) is 6.22. The van der Waals surface area contributed by atoms with Crippen LogP contribution in [0.3, 0.4) is 0 Å². The van der Waals surface area contributed by atoms with E-state index in [9.17, 15) is 4.79 Å². The molecule has 0 radical (unpaired) electrons. The number of hydrogen-bond acceptors (Lipinski definition) is 4. The number of carbonyl (C=O) groups excluding carboxylic acids is 1. The minimum atomic E-state index is 0.0862. The molecule has 1 amide bonds. The number of para-hydroxylation sites is 1. The van der Waals surface area contributed by atoms with Crippen molar-refractivity contribution >= 4 is 11.6 Å². The first kappa shape index (κ1) is 19.1. The molecule has 2 aromatic rings. The van der Waals surface area contributed by atoms with Crippen LogP contribution in [0, 0.1) is 5.92 Å². The van der Waals surface area contributed by atoms with Crippen LogP contribution in [0.15, 0.2) is 42.5 Å². The first-order valence-corrected chi connectivity index (χ1v) is 9.38. The van der Waals surface area contributed by atoms with Crippen LogP contribution in [-0.2, 0) is 17.6 Å². The molecule has 1 atom stereocenters. The molecule has 27 heavy (non-hydrogen) atoms. The summed E-state index contributed by atoms with van der Waals surface area (Å²) in [5.41, 5.74) is 3.48. The van der Waals surface area contributed by atoms with Gasteiger partial charge in [-0.15, -0.1) is 0 Å². The highest BCUT2D eigenvalue weighted by molar-refractivity contribution is 5.76. The highest BCUT2D eigenvalue weighted by Gasteiger charge is 2.22. The van der Waals surface area contributed by atoms with E-state index in [4.69, 9.17) is 9.47 Å². The Labute approximate surface area is 161 Å². The van der Waals surface area contributed by atoms with Crippen molar-refractivity contribution in [3.05, 3.63) is 53.6 Å². The van der Waals surface area contributed by atoms with Crippen LogP contribution in [0.1, 0.15) is 17.5 Å². The van der Waals surface area contributed by atoms with Crippen molar-refractivity contribution in [2.75, 3.05) is 39.3 Å². The number of hydrogen-bond donors (Lipinski definition) is 1. The molecule has 1 unspecified atom stereocenters. The number of carbonyl (C=O) groups is 1. The fourth-order valence-electron chi connectivity index (χ4n) is 3.31. The van der Waals surface area contributed by atoms with Gasteiger partial charge in [0.25, 0.3) is 0 Å². The highest BCUT2D eigenvalue weighted by atomic mass is 16.5. The fourth-order valence-corrected chi connectivity index (χ4v) is 3.31. The minimum Gasteiger partial charge on any atom is -0.493 e. The maximum Gasteiger partial charge on any atom is 0.220 e. The molecule has 2 aromatic carbocycles. The number of methoxy groups -OCH3 is 1. The van der Waals surface area contributed by atoms with E-state index in [2.05, 4.69) is 40.5 Å². The van der Waals surface area contributed by atoms with E-state index < -0.39 is 0 Å². The lowest BCUT2D eigenvalue weighted by Gasteiger charge is -2.26. The topological polar surface area (TPSA) is 50.8 Å². The largest absolute Gasteiger partial charge is 0.493 e. The number of aryl methyl sites for hydroxylation is 1. The smallest absolute Gasteiger partial charge is 0.220 e. The summed E-state index contributed by atoms with van der Waals surface area (Å²) in [4.78, 5) is 14.3. The molecule has 0 aromatic heterocycles. The molecule has 0 spiro atoms. The SMILES string of the molecule is COc1cccc2c1OCC(CNC(=O)CCc1ccc(N(C)C)cc1)C2. The summed E-state index contributed by atoms with van der Waals surface area (Å²) >= 11 is 0. The Balaban J connectivity index is 1.44.